The van der Waals surface area contributed by atoms with Crippen molar-refractivity contribution < 1.29 is 22.3 Å². The molecule has 1 aliphatic rings. The maximum absolute atomic E-state index is 13.2. The summed E-state index contributed by atoms with van der Waals surface area (Å²) in [6, 6.07) is 17.4. The predicted molar refractivity (Wildman–Crippen MR) is 121 cm³/mol. The van der Waals surface area contributed by atoms with E-state index in [2.05, 4.69) is 5.32 Å². The van der Waals surface area contributed by atoms with Gasteiger partial charge in [-0.3, -0.25) is 9.10 Å². The van der Waals surface area contributed by atoms with E-state index in [1.54, 1.807) is 24.3 Å². The highest BCUT2D eigenvalue weighted by Gasteiger charge is 2.29. The number of benzene rings is 3. The number of hydrogen-bond acceptors (Lipinski definition) is 4. The molecular formula is C24H23FN2O4S. The van der Waals surface area contributed by atoms with Crippen LogP contribution in [0.4, 0.5) is 15.8 Å². The van der Waals surface area contributed by atoms with Crippen molar-refractivity contribution >= 4 is 27.3 Å². The molecule has 0 saturated heterocycles. The van der Waals surface area contributed by atoms with E-state index in [1.807, 2.05) is 25.1 Å². The second kappa shape index (κ2) is 9.00. The number of halogens is 1. The summed E-state index contributed by atoms with van der Waals surface area (Å²) in [7, 11) is -3.81. The van der Waals surface area contributed by atoms with Gasteiger partial charge in [-0.2, -0.15) is 0 Å². The van der Waals surface area contributed by atoms with E-state index in [0.29, 0.717) is 36.5 Å². The van der Waals surface area contributed by atoms with Gasteiger partial charge in [-0.25, -0.2) is 12.8 Å². The number of nitrogens with one attached hydrogen (secondary N) is 1. The molecule has 0 saturated carbocycles. The molecule has 0 atom stereocenters. The molecular weight excluding hydrogens is 431 g/mol. The van der Waals surface area contributed by atoms with Crippen molar-refractivity contribution in [1.29, 1.82) is 0 Å². The zero-order valence-corrected chi connectivity index (χ0v) is 18.4. The summed E-state index contributed by atoms with van der Waals surface area (Å²) in [6.07, 6.45) is 1.33. The van der Waals surface area contributed by atoms with Gasteiger partial charge in [0.25, 0.3) is 15.9 Å². The van der Waals surface area contributed by atoms with E-state index >= 15 is 0 Å². The Hall–Kier alpha value is -3.39. The van der Waals surface area contributed by atoms with Crippen molar-refractivity contribution in [3.8, 4) is 5.75 Å². The number of fused-ring (bicyclic) bond motifs is 1. The van der Waals surface area contributed by atoms with Crippen LogP contribution in [0.5, 0.6) is 5.75 Å². The molecule has 8 heteroatoms. The van der Waals surface area contributed by atoms with Gasteiger partial charge in [0.15, 0.2) is 6.61 Å². The molecule has 1 aliphatic heterocycles. The first-order chi connectivity index (χ1) is 15.3. The lowest BCUT2D eigenvalue weighted by atomic mass is 10.0. The van der Waals surface area contributed by atoms with Crippen LogP contribution < -0.4 is 14.4 Å². The first kappa shape index (κ1) is 21.8. The van der Waals surface area contributed by atoms with Gasteiger partial charge in [0.05, 0.1) is 10.6 Å². The number of sulfonamides is 1. The lowest BCUT2D eigenvalue weighted by Gasteiger charge is -2.31. The Morgan fingerprint density at radius 3 is 2.62 bits per heavy atom. The standard InChI is InChI=1S/C24H23FN2O4S/c1-17-4-2-6-21(14-17)31-16-24(28)26-20-9-12-23-18(15-20)5-3-13-27(23)32(29,30)22-10-7-19(25)8-11-22/h2,4,6-12,14-15H,3,5,13,16H2,1H3,(H,26,28). The maximum atomic E-state index is 13.2. The van der Waals surface area contributed by atoms with Crippen molar-refractivity contribution in [1.82, 2.24) is 0 Å². The van der Waals surface area contributed by atoms with Crippen LogP contribution in [0.3, 0.4) is 0 Å². The number of carbonyl (C=O) groups is 1. The minimum atomic E-state index is -3.81. The van der Waals surface area contributed by atoms with Gasteiger partial charge in [0, 0.05) is 12.2 Å². The molecule has 0 aliphatic carbocycles. The highest BCUT2D eigenvalue weighted by atomic mass is 32.2. The highest BCUT2D eigenvalue weighted by Crippen LogP contribution is 2.33. The van der Waals surface area contributed by atoms with E-state index in [1.165, 1.54) is 16.4 Å². The minimum Gasteiger partial charge on any atom is -0.484 e. The van der Waals surface area contributed by atoms with Crippen molar-refractivity contribution in [2.45, 2.75) is 24.7 Å². The average Bonchev–Trinajstić information content (AvgIpc) is 2.77. The fourth-order valence-electron chi connectivity index (χ4n) is 3.67. The summed E-state index contributed by atoms with van der Waals surface area (Å²) in [5, 5.41) is 2.79. The summed E-state index contributed by atoms with van der Waals surface area (Å²) < 4.78 is 46.3. The van der Waals surface area contributed by atoms with Gasteiger partial charge in [0.1, 0.15) is 11.6 Å². The fraction of sp³-hybridized carbons (Fsp3) is 0.208. The molecule has 0 aromatic heterocycles. The monoisotopic (exact) mass is 454 g/mol. The molecule has 4 rings (SSSR count). The van der Waals surface area contributed by atoms with Crippen molar-refractivity contribution in [3.05, 3.63) is 83.7 Å². The second-order valence-corrected chi connectivity index (χ2v) is 9.49. The highest BCUT2D eigenvalue weighted by molar-refractivity contribution is 7.92. The number of hydrogen-bond donors (Lipinski definition) is 1. The minimum absolute atomic E-state index is 0.0393. The first-order valence-corrected chi connectivity index (χ1v) is 11.7. The van der Waals surface area contributed by atoms with Crippen LogP contribution in [0.25, 0.3) is 0 Å². The number of anilines is 2. The number of carbonyl (C=O) groups excluding carboxylic acids is 1. The van der Waals surface area contributed by atoms with E-state index in [-0.39, 0.29) is 17.4 Å². The number of ether oxygens (including phenoxy) is 1. The Kier molecular flexibility index (Phi) is 6.14. The number of nitrogens with zero attached hydrogens (tertiary/aromatic N) is 1. The van der Waals surface area contributed by atoms with Gasteiger partial charge >= 0.3 is 0 Å². The molecule has 6 nitrogen and oxygen atoms in total. The number of aryl methyl sites for hydroxylation is 2. The lowest BCUT2D eigenvalue weighted by Crippen LogP contribution is -2.35. The van der Waals surface area contributed by atoms with Crippen LogP contribution in [0.15, 0.2) is 71.6 Å². The summed E-state index contributed by atoms with van der Waals surface area (Å²) in [5.74, 6) is -0.181. The van der Waals surface area contributed by atoms with Crippen molar-refractivity contribution in [2.75, 3.05) is 22.8 Å². The van der Waals surface area contributed by atoms with E-state index in [0.717, 1.165) is 23.3 Å². The molecule has 3 aromatic carbocycles. The van der Waals surface area contributed by atoms with Gasteiger partial charge in [-0.15, -0.1) is 0 Å². The summed E-state index contributed by atoms with van der Waals surface area (Å²) in [4.78, 5) is 12.3. The lowest BCUT2D eigenvalue weighted by molar-refractivity contribution is -0.118. The third kappa shape index (κ3) is 4.75. The molecule has 0 radical (unpaired) electrons. The molecule has 1 heterocycles. The van der Waals surface area contributed by atoms with Gasteiger partial charge in [-0.05, 0) is 85.5 Å². The molecule has 0 unspecified atom stereocenters. The van der Waals surface area contributed by atoms with E-state index < -0.39 is 15.8 Å². The molecule has 32 heavy (non-hydrogen) atoms. The Morgan fingerprint density at radius 1 is 1.09 bits per heavy atom. The average molecular weight is 455 g/mol. The zero-order valence-electron chi connectivity index (χ0n) is 17.5. The quantitative estimate of drug-likeness (QED) is 0.603. The second-order valence-electron chi connectivity index (χ2n) is 7.63. The Morgan fingerprint density at radius 2 is 1.88 bits per heavy atom. The fourth-order valence-corrected chi connectivity index (χ4v) is 5.22. The molecule has 0 spiro atoms. The maximum Gasteiger partial charge on any atom is 0.264 e. The Balaban J connectivity index is 1.48. The Labute approximate surface area is 186 Å². The van der Waals surface area contributed by atoms with Crippen LogP contribution in [-0.4, -0.2) is 27.5 Å². The number of rotatable bonds is 6. The van der Waals surface area contributed by atoms with Crippen molar-refractivity contribution in [3.63, 3.8) is 0 Å². The molecule has 0 fully saturated rings. The van der Waals surface area contributed by atoms with Crippen LogP contribution in [0, 0.1) is 12.7 Å². The topological polar surface area (TPSA) is 75.7 Å². The summed E-state index contributed by atoms with van der Waals surface area (Å²) >= 11 is 0. The SMILES string of the molecule is Cc1cccc(OCC(=O)Nc2ccc3c(c2)CCCN3S(=O)(=O)c2ccc(F)cc2)c1. The molecule has 1 N–H and O–H groups in total. The van der Waals surface area contributed by atoms with E-state index in [9.17, 15) is 17.6 Å². The van der Waals surface area contributed by atoms with Gasteiger partial charge < -0.3 is 10.1 Å². The van der Waals surface area contributed by atoms with Crippen molar-refractivity contribution in [2.24, 2.45) is 0 Å². The Bertz CT molecular complexity index is 1240. The smallest absolute Gasteiger partial charge is 0.264 e. The molecule has 1 amide bonds. The summed E-state index contributed by atoms with van der Waals surface area (Å²) in [6.45, 7) is 2.15. The van der Waals surface area contributed by atoms with Crippen LogP contribution in [0.1, 0.15) is 17.5 Å². The molecule has 3 aromatic rings. The largest absolute Gasteiger partial charge is 0.484 e. The van der Waals surface area contributed by atoms with Crippen LogP contribution >= 0.6 is 0 Å². The number of amides is 1. The van der Waals surface area contributed by atoms with E-state index in [4.69, 9.17) is 4.74 Å². The first-order valence-electron chi connectivity index (χ1n) is 10.2. The van der Waals surface area contributed by atoms with Crippen LogP contribution in [0.2, 0.25) is 0 Å². The normalized spacial score (nSPS) is 13.4. The zero-order chi connectivity index (χ0) is 22.7. The summed E-state index contributed by atoms with van der Waals surface area (Å²) in [5.41, 5.74) is 2.99. The van der Waals surface area contributed by atoms with Gasteiger partial charge in [-0.1, -0.05) is 12.1 Å². The molecule has 166 valence electrons. The molecule has 0 bridgehead atoms. The van der Waals surface area contributed by atoms with Gasteiger partial charge in [0.2, 0.25) is 0 Å². The predicted octanol–water partition coefficient (Wildman–Crippen LogP) is 4.29. The van der Waals surface area contributed by atoms with Crippen LogP contribution in [-0.2, 0) is 21.2 Å². The third-order valence-corrected chi connectivity index (χ3v) is 7.03. The third-order valence-electron chi connectivity index (χ3n) is 5.20.